The van der Waals surface area contributed by atoms with E-state index < -0.39 is 6.04 Å². The molecule has 6 heteroatoms. The molecule has 194 valence electrons. The van der Waals surface area contributed by atoms with Crippen LogP contribution in [0.25, 0.3) is 33.2 Å². The van der Waals surface area contributed by atoms with Gasteiger partial charge < -0.3 is 15.0 Å². The van der Waals surface area contributed by atoms with Crippen molar-refractivity contribution in [1.82, 2.24) is 14.9 Å². The van der Waals surface area contributed by atoms with E-state index in [9.17, 15) is 9.90 Å². The van der Waals surface area contributed by atoms with Crippen LogP contribution in [0.2, 0.25) is 5.02 Å². The summed E-state index contributed by atoms with van der Waals surface area (Å²) in [5.74, 6) is 0.0000701. The number of para-hydroxylation sites is 1. The topological polar surface area (TPSA) is 69.2 Å². The molecule has 6 aromatic rings. The fourth-order valence-corrected chi connectivity index (χ4v) is 5.78. The molecule has 0 saturated heterocycles. The van der Waals surface area contributed by atoms with Crippen LogP contribution in [0.3, 0.4) is 0 Å². The molecular formula is C34H24ClN3O2. The van der Waals surface area contributed by atoms with Crippen molar-refractivity contribution in [3.05, 3.63) is 143 Å². The number of aromatic nitrogens is 2. The van der Waals surface area contributed by atoms with E-state index in [0.29, 0.717) is 22.7 Å². The number of carbonyl (C=O) groups excluding carboxylic acids is 1. The number of phenols is 1. The minimum absolute atomic E-state index is 0.0895. The number of H-pyrrole nitrogens is 1. The second kappa shape index (κ2) is 9.70. The van der Waals surface area contributed by atoms with Crippen molar-refractivity contribution in [3.63, 3.8) is 0 Å². The van der Waals surface area contributed by atoms with Gasteiger partial charge in [0, 0.05) is 46.3 Å². The molecule has 4 aromatic carbocycles. The highest BCUT2D eigenvalue weighted by molar-refractivity contribution is 6.30. The van der Waals surface area contributed by atoms with Crippen molar-refractivity contribution < 1.29 is 9.90 Å². The quantitative estimate of drug-likeness (QED) is 0.232. The maximum atomic E-state index is 14.0. The molecule has 1 atom stereocenters. The van der Waals surface area contributed by atoms with Gasteiger partial charge in [0.2, 0.25) is 0 Å². The van der Waals surface area contributed by atoms with Crippen LogP contribution in [0.15, 0.2) is 116 Å². The largest absolute Gasteiger partial charge is 0.508 e. The first-order chi connectivity index (χ1) is 19.5. The third kappa shape index (κ3) is 4.21. The van der Waals surface area contributed by atoms with E-state index in [2.05, 4.69) is 40.3 Å². The number of phenolic OH excluding ortho intramolecular Hbond substituents is 1. The highest BCUT2D eigenvalue weighted by Crippen LogP contribution is 2.41. The van der Waals surface area contributed by atoms with Gasteiger partial charge in [0.15, 0.2) is 0 Å². The molecule has 0 fully saturated rings. The van der Waals surface area contributed by atoms with Gasteiger partial charge in [-0.05, 0) is 81.7 Å². The maximum Gasteiger partial charge on any atom is 0.255 e. The first-order valence-electron chi connectivity index (χ1n) is 13.1. The lowest BCUT2D eigenvalue weighted by Crippen LogP contribution is -2.30. The Balaban J connectivity index is 1.26. The number of aromatic hydroxyl groups is 1. The summed E-state index contributed by atoms with van der Waals surface area (Å²) in [5, 5.41) is 12.4. The summed E-state index contributed by atoms with van der Waals surface area (Å²) < 4.78 is 0. The van der Waals surface area contributed by atoms with E-state index in [0.717, 1.165) is 44.4 Å². The molecule has 0 saturated carbocycles. The number of amides is 1. The Morgan fingerprint density at radius 3 is 2.27 bits per heavy atom. The summed E-state index contributed by atoms with van der Waals surface area (Å²) in [7, 11) is 0. The predicted octanol–water partition coefficient (Wildman–Crippen LogP) is 8.00. The molecule has 0 spiro atoms. The van der Waals surface area contributed by atoms with E-state index in [1.54, 1.807) is 35.5 Å². The van der Waals surface area contributed by atoms with Crippen molar-refractivity contribution in [2.24, 2.45) is 0 Å². The Labute approximate surface area is 236 Å². The number of pyridine rings is 1. The average Bonchev–Trinajstić information content (AvgIpc) is 3.56. The molecule has 0 aliphatic carbocycles. The highest BCUT2D eigenvalue weighted by atomic mass is 35.5. The number of carbonyl (C=O) groups is 1. The van der Waals surface area contributed by atoms with Crippen LogP contribution in [0.1, 0.15) is 33.2 Å². The average molecular weight is 542 g/mol. The second-order valence-electron chi connectivity index (χ2n) is 10.0. The second-order valence-corrected chi connectivity index (χ2v) is 10.5. The molecule has 2 aromatic heterocycles. The van der Waals surface area contributed by atoms with Gasteiger partial charge in [-0.15, -0.1) is 0 Å². The minimum atomic E-state index is -0.547. The van der Waals surface area contributed by atoms with Gasteiger partial charge in [-0.25, -0.2) is 0 Å². The molecule has 0 bridgehead atoms. The lowest BCUT2D eigenvalue weighted by molar-refractivity contribution is 0.0727. The van der Waals surface area contributed by atoms with Crippen molar-refractivity contribution in [3.8, 4) is 28.0 Å². The third-order valence-corrected chi connectivity index (χ3v) is 7.85. The molecule has 1 aliphatic heterocycles. The van der Waals surface area contributed by atoms with E-state index >= 15 is 0 Å². The summed E-state index contributed by atoms with van der Waals surface area (Å²) in [5.41, 5.74) is 8.19. The zero-order chi connectivity index (χ0) is 27.2. The zero-order valence-corrected chi connectivity index (χ0v) is 22.1. The fraction of sp³-hybridized carbons (Fsp3) is 0.0588. The van der Waals surface area contributed by atoms with Gasteiger partial charge in [0.25, 0.3) is 5.91 Å². The fourth-order valence-electron chi connectivity index (χ4n) is 5.60. The Hall–Kier alpha value is -4.87. The lowest BCUT2D eigenvalue weighted by atomic mass is 9.98. The Kier molecular flexibility index (Phi) is 5.87. The minimum Gasteiger partial charge on any atom is -0.508 e. The number of benzene rings is 4. The van der Waals surface area contributed by atoms with Crippen LogP contribution in [0, 0.1) is 0 Å². The predicted molar refractivity (Wildman–Crippen MR) is 158 cm³/mol. The van der Waals surface area contributed by atoms with Gasteiger partial charge >= 0.3 is 0 Å². The molecule has 5 nitrogen and oxygen atoms in total. The molecule has 1 aliphatic rings. The number of aromatic amines is 1. The molecule has 0 radical (unpaired) electrons. The van der Waals surface area contributed by atoms with Crippen LogP contribution in [0.5, 0.6) is 5.75 Å². The van der Waals surface area contributed by atoms with Crippen LogP contribution < -0.4 is 0 Å². The Bertz CT molecular complexity index is 1850. The summed E-state index contributed by atoms with van der Waals surface area (Å²) in [6.07, 6.45) is 3.57. The number of nitrogens with one attached hydrogen (secondary N) is 1. The smallest absolute Gasteiger partial charge is 0.255 e. The Morgan fingerprint density at radius 1 is 0.800 bits per heavy atom. The van der Waals surface area contributed by atoms with Gasteiger partial charge in [0.05, 0.1) is 0 Å². The van der Waals surface area contributed by atoms with E-state index in [-0.39, 0.29) is 11.7 Å². The molecule has 1 unspecified atom stereocenters. The number of halogens is 1. The van der Waals surface area contributed by atoms with Crippen molar-refractivity contribution >= 4 is 28.4 Å². The SMILES string of the molecule is O=C1c2cc(-c3ccc(-c4ccncc4)cc3)ccc2CN1C(c1cc2ccccc2[nH]1)c1cc(Cl)ccc1O. The summed E-state index contributed by atoms with van der Waals surface area (Å²) in [6, 6.07) is 32.8. The van der Waals surface area contributed by atoms with Gasteiger partial charge in [-0.2, -0.15) is 0 Å². The van der Waals surface area contributed by atoms with Crippen LogP contribution >= 0.6 is 11.6 Å². The molecule has 2 N–H and O–H groups in total. The number of rotatable bonds is 5. The van der Waals surface area contributed by atoms with E-state index in [1.165, 1.54) is 0 Å². The Morgan fingerprint density at radius 2 is 1.50 bits per heavy atom. The van der Waals surface area contributed by atoms with Gasteiger partial charge in [0.1, 0.15) is 11.8 Å². The normalized spacial score (nSPS) is 13.5. The standard InChI is InChI=1S/C34H24ClN3O2/c35-27-11-12-32(39)29(19-27)33(31-18-25-3-1-2-4-30(25)37-31)38-20-26-10-9-24(17-28(26)34(38)40)22-7-5-21(6-8-22)23-13-15-36-16-14-23/h1-19,33,37,39H,20H2. The molecule has 7 rings (SSSR count). The van der Waals surface area contributed by atoms with Crippen molar-refractivity contribution in [2.45, 2.75) is 12.6 Å². The summed E-state index contributed by atoms with van der Waals surface area (Å²) in [4.78, 5) is 23.4. The van der Waals surface area contributed by atoms with E-state index in [4.69, 9.17) is 11.6 Å². The van der Waals surface area contributed by atoms with Gasteiger partial charge in [-0.1, -0.05) is 66.2 Å². The van der Waals surface area contributed by atoms with Crippen LogP contribution in [0.4, 0.5) is 0 Å². The van der Waals surface area contributed by atoms with Crippen molar-refractivity contribution in [1.29, 1.82) is 0 Å². The molecule has 1 amide bonds. The highest BCUT2D eigenvalue weighted by Gasteiger charge is 2.36. The van der Waals surface area contributed by atoms with Crippen LogP contribution in [-0.2, 0) is 6.54 Å². The van der Waals surface area contributed by atoms with Crippen molar-refractivity contribution in [2.75, 3.05) is 0 Å². The number of hydrogen-bond donors (Lipinski definition) is 2. The third-order valence-electron chi connectivity index (χ3n) is 7.61. The lowest BCUT2D eigenvalue weighted by Gasteiger charge is -2.28. The van der Waals surface area contributed by atoms with Crippen LogP contribution in [-0.4, -0.2) is 25.9 Å². The zero-order valence-electron chi connectivity index (χ0n) is 21.4. The number of hydrogen-bond acceptors (Lipinski definition) is 3. The number of nitrogens with zero attached hydrogens (tertiary/aromatic N) is 2. The molecular weight excluding hydrogens is 518 g/mol. The first-order valence-corrected chi connectivity index (χ1v) is 13.4. The summed E-state index contributed by atoms with van der Waals surface area (Å²) in [6.45, 7) is 0.418. The van der Waals surface area contributed by atoms with Gasteiger partial charge in [-0.3, -0.25) is 9.78 Å². The van der Waals surface area contributed by atoms with E-state index in [1.807, 2.05) is 54.6 Å². The molecule has 40 heavy (non-hydrogen) atoms. The monoisotopic (exact) mass is 541 g/mol. The first kappa shape index (κ1) is 24.2. The maximum absolute atomic E-state index is 14.0. The number of fused-ring (bicyclic) bond motifs is 2. The summed E-state index contributed by atoms with van der Waals surface area (Å²) >= 11 is 6.37. The molecule has 3 heterocycles.